The standard InChI is InChI=1S/C15H22O4/c1-5-19-13(16)14(2,3)15(17,11-18-4)12-9-7-6-8-10-12/h6-10,17H,5,11H2,1-4H3. The summed E-state index contributed by atoms with van der Waals surface area (Å²) in [6.45, 7) is 5.36. The molecule has 0 aliphatic rings. The van der Waals surface area contributed by atoms with Crippen LogP contribution in [0.25, 0.3) is 0 Å². The lowest BCUT2D eigenvalue weighted by molar-refractivity contribution is -0.180. The highest BCUT2D eigenvalue weighted by atomic mass is 16.5. The van der Waals surface area contributed by atoms with Crippen LogP contribution in [-0.4, -0.2) is 31.4 Å². The van der Waals surface area contributed by atoms with Crippen LogP contribution in [0.15, 0.2) is 30.3 Å². The molecule has 0 aliphatic carbocycles. The molecule has 1 rings (SSSR count). The third-order valence-corrected chi connectivity index (χ3v) is 3.42. The van der Waals surface area contributed by atoms with Gasteiger partial charge in [-0.1, -0.05) is 30.3 Å². The van der Waals surface area contributed by atoms with Crippen molar-refractivity contribution in [3.63, 3.8) is 0 Å². The molecule has 106 valence electrons. The van der Waals surface area contributed by atoms with Gasteiger partial charge >= 0.3 is 5.97 Å². The van der Waals surface area contributed by atoms with Gasteiger partial charge in [-0.15, -0.1) is 0 Å². The lowest BCUT2D eigenvalue weighted by Gasteiger charge is -2.40. The van der Waals surface area contributed by atoms with E-state index in [4.69, 9.17) is 9.47 Å². The third-order valence-electron chi connectivity index (χ3n) is 3.42. The third kappa shape index (κ3) is 2.96. The van der Waals surface area contributed by atoms with Crippen LogP contribution in [0.2, 0.25) is 0 Å². The molecule has 0 saturated carbocycles. The number of carbonyl (C=O) groups excluding carboxylic acids is 1. The fraction of sp³-hybridized carbons (Fsp3) is 0.533. The van der Waals surface area contributed by atoms with Crippen LogP contribution in [0.4, 0.5) is 0 Å². The molecule has 0 heterocycles. The summed E-state index contributed by atoms with van der Waals surface area (Å²) in [5.41, 5.74) is -1.91. The van der Waals surface area contributed by atoms with E-state index in [1.165, 1.54) is 7.11 Å². The zero-order valence-electron chi connectivity index (χ0n) is 12.0. The van der Waals surface area contributed by atoms with E-state index in [9.17, 15) is 9.90 Å². The molecule has 0 aromatic heterocycles. The summed E-state index contributed by atoms with van der Waals surface area (Å²) in [5, 5.41) is 11.0. The van der Waals surface area contributed by atoms with Gasteiger partial charge in [0.2, 0.25) is 0 Å². The number of hydrogen-bond acceptors (Lipinski definition) is 4. The first-order chi connectivity index (χ1) is 8.90. The van der Waals surface area contributed by atoms with Crippen molar-refractivity contribution in [1.82, 2.24) is 0 Å². The smallest absolute Gasteiger partial charge is 0.314 e. The average Bonchev–Trinajstić information content (AvgIpc) is 2.40. The summed E-state index contributed by atoms with van der Waals surface area (Å²) in [6, 6.07) is 9.04. The van der Waals surface area contributed by atoms with E-state index < -0.39 is 17.0 Å². The second-order valence-corrected chi connectivity index (χ2v) is 5.00. The summed E-state index contributed by atoms with van der Waals surface area (Å²) in [7, 11) is 1.50. The minimum atomic E-state index is -1.44. The van der Waals surface area contributed by atoms with E-state index in [-0.39, 0.29) is 13.2 Å². The number of carbonyl (C=O) groups is 1. The summed E-state index contributed by atoms with van der Waals surface area (Å²) >= 11 is 0. The first-order valence-electron chi connectivity index (χ1n) is 6.34. The SMILES string of the molecule is CCOC(=O)C(C)(C)C(O)(COC)c1ccccc1. The molecule has 0 saturated heterocycles. The van der Waals surface area contributed by atoms with Crippen LogP contribution in [-0.2, 0) is 19.9 Å². The molecule has 0 fully saturated rings. The largest absolute Gasteiger partial charge is 0.465 e. The van der Waals surface area contributed by atoms with Gasteiger partial charge in [-0.05, 0) is 26.3 Å². The molecule has 0 radical (unpaired) electrons. The van der Waals surface area contributed by atoms with Crippen molar-refractivity contribution in [2.45, 2.75) is 26.4 Å². The van der Waals surface area contributed by atoms with Crippen LogP contribution in [0.5, 0.6) is 0 Å². The zero-order valence-corrected chi connectivity index (χ0v) is 12.0. The normalized spacial score (nSPS) is 14.8. The molecule has 0 spiro atoms. The quantitative estimate of drug-likeness (QED) is 0.801. The highest BCUT2D eigenvalue weighted by molar-refractivity contribution is 5.78. The molecule has 4 heteroatoms. The summed E-state index contributed by atoms with van der Waals surface area (Å²) < 4.78 is 10.2. The minimum Gasteiger partial charge on any atom is -0.465 e. The molecule has 1 aromatic rings. The van der Waals surface area contributed by atoms with Gasteiger partial charge in [0, 0.05) is 7.11 Å². The van der Waals surface area contributed by atoms with Crippen LogP contribution in [0, 0.1) is 5.41 Å². The second kappa shape index (κ2) is 6.17. The number of esters is 1. The highest BCUT2D eigenvalue weighted by Gasteiger charge is 2.51. The summed E-state index contributed by atoms with van der Waals surface area (Å²) in [4.78, 5) is 12.1. The van der Waals surface area contributed by atoms with Crippen molar-refractivity contribution in [2.24, 2.45) is 5.41 Å². The lowest BCUT2D eigenvalue weighted by Crippen LogP contribution is -2.51. The fourth-order valence-electron chi connectivity index (χ4n) is 2.03. The topological polar surface area (TPSA) is 55.8 Å². The van der Waals surface area contributed by atoms with E-state index >= 15 is 0 Å². The average molecular weight is 266 g/mol. The van der Waals surface area contributed by atoms with Crippen molar-refractivity contribution in [3.05, 3.63) is 35.9 Å². The molecule has 19 heavy (non-hydrogen) atoms. The maximum atomic E-state index is 12.1. The van der Waals surface area contributed by atoms with E-state index in [1.54, 1.807) is 32.9 Å². The van der Waals surface area contributed by atoms with Gasteiger partial charge in [-0.2, -0.15) is 0 Å². The monoisotopic (exact) mass is 266 g/mol. The number of methoxy groups -OCH3 is 1. The fourth-order valence-corrected chi connectivity index (χ4v) is 2.03. The minimum absolute atomic E-state index is 0.0167. The van der Waals surface area contributed by atoms with Crippen molar-refractivity contribution in [1.29, 1.82) is 0 Å². The maximum Gasteiger partial charge on any atom is 0.314 e. The van der Waals surface area contributed by atoms with E-state index in [0.717, 1.165) is 0 Å². The molecule has 0 bridgehead atoms. The van der Waals surface area contributed by atoms with Gasteiger partial charge < -0.3 is 14.6 Å². The van der Waals surface area contributed by atoms with Crippen LogP contribution >= 0.6 is 0 Å². The van der Waals surface area contributed by atoms with Crippen molar-refractivity contribution >= 4 is 5.97 Å². The Labute approximate surface area is 114 Å². The predicted octanol–water partition coefficient (Wildman–Crippen LogP) is 2.11. The number of ether oxygens (including phenoxy) is 2. The first kappa shape index (κ1) is 15.7. The molecule has 4 nitrogen and oxygen atoms in total. The van der Waals surface area contributed by atoms with Crippen molar-refractivity contribution in [2.75, 3.05) is 20.3 Å². The van der Waals surface area contributed by atoms with Crippen LogP contribution < -0.4 is 0 Å². The van der Waals surface area contributed by atoms with Crippen LogP contribution in [0.1, 0.15) is 26.3 Å². The van der Waals surface area contributed by atoms with E-state index in [0.29, 0.717) is 5.56 Å². The molecule has 1 aromatic carbocycles. The van der Waals surface area contributed by atoms with Gasteiger partial charge in [0.1, 0.15) is 5.60 Å². The first-order valence-corrected chi connectivity index (χ1v) is 6.34. The summed E-state index contributed by atoms with van der Waals surface area (Å²) in [6.07, 6.45) is 0. The van der Waals surface area contributed by atoms with Gasteiger partial charge in [0.25, 0.3) is 0 Å². The molecule has 1 N–H and O–H groups in total. The Morgan fingerprint density at radius 3 is 2.32 bits per heavy atom. The Balaban J connectivity index is 3.22. The predicted molar refractivity (Wildman–Crippen MR) is 72.6 cm³/mol. The second-order valence-electron chi connectivity index (χ2n) is 5.00. The molecular formula is C15H22O4. The number of aliphatic hydroxyl groups is 1. The van der Waals surface area contributed by atoms with Crippen molar-refractivity contribution in [3.8, 4) is 0 Å². The van der Waals surface area contributed by atoms with Gasteiger partial charge in [0.05, 0.1) is 18.6 Å². The van der Waals surface area contributed by atoms with E-state index in [1.807, 2.05) is 18.2 Å². The van der Waals surface area contributed by atoms with Gasteiger partial charge in [0.15, 0.2) is 0 Å². The number of hydrogen-bond donors (Lipinski definition) is 1. The molecular weight excluding hydrogens is 244 g/mol. The van der Waals surface area contributed by atoms with Crippen molar-refractivity contribution < 1.29 is 19.4 Å². The van der Waals surface area contributed by atoms with E-state index in [2.05, 4.69) is 0 Å². The Kier molecular flexibility index (Phi) is 5.09. The zero-order chi connectivity index (χ0) is 14.5. The molecule has 0 aliphatic heterocycles. The Bertz CT molecular complexity index is 413. The maximum absolute atomic E-state index is 12.1. The molecule has 1 atom stereocenters. The van der Waals surface area contributed by atoms with Crippen LogP contribution in [0.3, 0.4) is 0 Å². The Morgan fingerprint density at radius 1 is 1.26 bits per heavy atom. The number of rotatable bonds is 6. The Morgan fingerprint density at radius 2 is 1.84 bits per heavy atom. The Hall–Kier alpha value is -1.39. The highest BCUT2D eigenvalue weighted by Crippen LogP contribution is 2.41. The van der Waals surface area contributed by atoms with Gasteiger partial charge in [-0.3, -0.25) is 4.79 Å². The number of benzene rings is 1. The van der Waals surface area contributed by atoms with Gasteiger partial charge in [-0.25, -0.2) is 0 Å². The summed E-state index contributed by atoms with van der Waals surface area (Å²) in [5.74, 6) is -0.446. The molecule has 0 amide bonds. The molecule has 1 unspecified atom stereocenters. The lowest BCUT2D eigenvalue weighted by atomic mass is 9.71.